The van der Waals surface area contributed by atoms with Gasteiger partial charge in [0.05, 0.1) is 23.4 Å². The molecular weight excluding hydrogens is 371 g/mol. The van der Waals surface area contributed by atoms with E-state index in [1.807, 2.05) is 12.1 Å². The third kappa shape index (κ3) is 4.41. The van der Waals surface area contributed by atoms with Crippen molar-refractivity contribution in [3.05, 3.63) is 53.8 Å². The highest BCUT2D eigenvalue weighted by Crippen LogP contribution is 2.27. The number of halogens is 1. The largest absolute Gasteiger partial charge is 0.494 e. The molecule has 1 saturated heterocycles. The highest BCUT2D eigenvalue weighted by molar-refractivity contribution is 6.02. The second kappa shape index (κ2) is 8.63. The van der Waals surface area contributed by atoms with Crippen molar-refractivity contribution in [2.45, 2.75) is 0 Å². The summed E-state index contributed by atoms with van der Waals surface area (Å²) in [6.45, 7) is 5.80. The number of hydrogen-bond acceptors (Lipinski definition) is 5. The first-order chi connectivity index (χ1) is 14.1. The van der Waals surface area contributed by atoms with Crippen LogP contribution in [-0.2, 0) is 4.74 Å². The number of H-pyrrole nitrogens is 1. The summed E-state index contributed by atoms with van der Waals surface area (Å²) in [4.78, 5) is 12.0. The minimum Gasteiger partial charge on any atom is -0.494 e. The Morgan fingerprint density at radius 3 is 2.62 bits per heavy atom. The van der Waals surface area contributed by atoms with Gasteiger partial charge in [0.1, 0.15) is 5.82 Å². The predicted octanol–water partition coefficient (Wildman–Crippen LogP) is 3.53. The van der Waals surface area contributed by atoms with Crippen LogP contribution in [-0.4, -0.2) is 67.6 Å². The van der Waals surface area contributed by atoms with Gasteiger partial charge in [-0.1, -0.05) is 0 Å². The average Bonchev–Trinajstić information content (AvgIpc) is 3.05. The van der Waals surface area contributed by atoms with Gasteiger partial charge in [-0.3, -0.25) is 9.89 Å². The van der Waals surface area contributed by atoms with Gasteiger partial charge < -0.3 is 19.7 Å². The lowest BCUT2D eigenvalue weighted by Gasteiger charge is -2.36. The molecule has 0 saturated carbocycles. The molecular formula is C22H25FN4O2. The number of aliphatic imine (C=N–C) groups is 1. The zero-order valence-corrected chi connectivity index (χ0v) is 16.4. The molecule has 2 aromatic carbocycles. The Balaban J connectivity index is 1.42. The van der Waals surface area contributed by atoms with Crippen LogP contribution in [0.2, 0.25) is 0 Å². The minimum atomic E-state index is -0.350. The molecule has 2 heterocycles. The molecule has 152 valence electrons. The van der Waals surface area contributed by atoms with E-state index in [0.717, 1.165) is 50.4 Å². The van der Waals surface area contributed by atoms with Crippen LogP contribution >= 0.6 is 0 Å². The number of benzene rings is 2. The molecule has 0 radical (unpaired) electrons. The third-order valence-corrected chi connectivity index (χ3v) is 5.32. The van der Waals surface area contributed by atoms with Crippen molar-refractivity contribution in [3.8, 4) is 5.88 Å². The van der Waals surface area contributed by atoms with Crippen LogP contribution in [0.3, 0.4) is 0 Å². The van der Waals surface area contributed by atoms with Crippen molar-refractivity contribution in [1.29, 1.82) is 0 Å². The lowest BCUT2D eigenvalue weighted by molar-refractivity contribution is 0.144. The third-order valence-electron chi connectivity index (χ3n) is 5.32. The van der Waals surface area contributed by atoms with E-state index in [-0.39, 0.29) is 11.7 Å². The number of fused-ring (bicyclic) bond motifs is 1. The molecule has 7 heteroatoms. The molecule has 4 rings (SSSR count). The smallest absolute Gasteiger partial charge is 0.198 e. The second-order valence-electron chi connectivity index (χ2n) is 7.17. The van der Waals surface area contributed by atoms with Gasteiger partial charge in [0, 0.05) is 57.1 Å². The van der Waals surface area contributed by atoms with Crippen LogP contribution in [0, 0.1) is 5.82 Å². The van der Waals surface area contributed by atoms with E-state index in [1.165, 1.54) is 17.8 Å². The van der Waals surface area contributed by atoms with Crippen molar-refractivity contribution in [1.82, 2.24) is 9.88 Å². The zero-order valence-electron chi connectivity index (χ0n) is 16.4. The summed E-state index contributed by atoms with van der Waals surface area (Å²) < 4.78 is 18.5. The normalized spacial score (nSPS) is 15.6. The van der Waals surface area contributed by atoms with Gasteiger partial charge in [-0.25, -0.2) is 4.39 Å². The number of aromatic amines is 1. The zero-order chi connectivity index (χ0) is 20.2. The van der Waals surface area contributed by atoms with Crippen LogP contribution in [0.1, 0.15) is 5.56 Å². The van der Waals surface area contributed by atoms with E-state index in [0.29, 0.717) is 11.1 Å². The second-order valence-corrected chi connectivity index (χ2v) is 7.17. The Hall–Kier alpha value is -2.90. The molecule has 1 aliphatic heterocycles. The Bertz CT molecular complexity index is 992. The van der Waals surface area contributed by atoms with Gasteiger partial charge in [0.2, 0.25) is 0 Å². The molecule has 29 heavy (non-hydrogen) atoms. The monoisotopic (exact) mass is 396 g/mol. The van der Waals surface area contributed by atoms with Crippen LogP contribution in [0.4, 0.5) is 15.8 Å². The number of aromatic nitrogens is 1. The van der Waals surface area contributed by atoms with E-state index in [2.05, 4.69) is 31.9 Å². The summed E-state index contributed by atoms with van der Waals surface area (Å²) in [6, 6.07) is 12.4. The number of hydrogen-bond donors (Lipinski definition) is 2. The summed E-state index contributed by atoms with van der Waals surface area (Å²) >= 11 is 0. The highest BCUT2D eigenvalue weighted by atomic mass is 19.1. The number of piperazine rings is 1. The lowest BCUT2D eigenvalue weighted by Crippen LogP contribution is -2.47. The number of ether oxygens (including phenoxy) is 1. The van der Waals surface area contributed by atoms with Crippen LogP contribution in [0.25, 0.3) is 10.9 Å². The molecule has 0 aliphatic carbocycles. The predicted molar refractivity (Wildman–Crippen MR) is 114 cm³/mol. The lowest BCUT2D eigenvalue weighted by atomic mass is 10.2. The van der Waals surface area contributed by atoms with Crippen molar-refractivity contribution in [3.63, 3.8) is 0 Å². The first-order valence-electron chi connectivity index (χ1n) is 9.74. The average molecular weight is 396 g/mol. The molecule has 0 bridgehead atoms. The first kappa shape index (κ1) is 19.4. The number of methoxy groups -OCH3 is 1. The molecule has 6 nitrogen and oxygen atoms in total. The number of nitrogens with one attached hydrogen (secondary N) is 1. The maximum absolute atomic E-state index is 13.3. The molecule has 1 aromatic heterocycles. The highest BCUT2D eigenvalue weighted by Gasteiger charge is 2.16. The first-order valence-corrected chi connectivity index (χ1v) is 9.74. The summed E-state index contributed by atoms with van der Waals surface area (Å²) in [6.07, 6.45) is 1.61. The fraction of sp³-hybridized carbons (Fsp3) is 0.318. The maximum Gasteiger partial charge on any atom is 0.198 e. The van der Waals surface area contributed by atoms with Crippen molar-refractivity contribution in [2.75, 3.05) is 51.3 Å². The Kier molecular flexibility index (Phi) is 5.78. The molecule has 3 aromatic rings. The van der Waals surface area contributed by atoms with Gasteiger partial charge in [-0.2, -0.15) is 0 Å². The fourth-order valence-corrected chi connectivity index (χ4v) is 3.65. The molecule has 1 aliphatic rings. The number of aromatic hydroxyl groups is 1. The summed E-state index contributed by atoms with van der Waals surface area (Å²) in [5.74, 6) is -0.366. The standard InChI is InChI=1S/C22H25FN4O2/c1-29-13-12-26-8-10-27(11-9-26)18-5-3-17(4-6-18)24-15-20-19-7-2-16(23)14-21(19)25-22(20)28/h2-7,14-15,25,28H,8-13H2,1H3. The number of rotatable bonds is 6. The van der Waals surface area contributed by atoms with E-state index in [9.17, 15) is 9.50 Å². The minimum absolute atomic E-state index is 0.0164. The van der Waals surface area contributed by atoms with E-state index in [4.69, 9.17) is 4.74 Å². The Morgan fingerprint density at radius 2 is 1.90 bits per heavy atom. The molecule has 0 amide bonds. The quantitative estimate of drug-likeness (QED) is 0.626. The number of anilines is 1. The van der Waals surface area contributed by atoms with Crippen molar-refractivity contribution in [2.24, 2.45) is 4.99 Å². The Morgan fingerprint density at radius 1 is 1.14 bits per heavy atom. The van der Waals surface area contributed by atoms with Gasteiger partial charge in [-0.05, 0) is 42.5 Å². The molecule has 1 fully saturated rings. The summed E-state index contributed by atoms with van der Waals surface area (Å²) in [5, 5.41) is 10.8. The van der Waals surface area contributed by atoms with Gasteiger partial charge >= 0.3 is 0 Å². The molecule has 0 atom stereocenters. The molecule has 0 unspecified atom stereocenters. The van der Waals surface area contributed by atoms with Gasteiger partial charge in [0.15, 0.2) is 5.88 Å². The van der Waals surface area contributed by atoms with Gasteiger partial charge in [-0.15, -0.1) is 0 Å². The van der Waals surface area contributed by atoms with E-state index in [1.54, 1.807) is 19.4 Å². The fourth-order valence-electron chi connectivity index (χ4n) is 3.65. The topological polar surface area (TPSA) is 64.1 Å². The molecule has 2 N–H and O–H groups in total. The van der Waals surface area contributed by atoms with Crippen molar-refractivity contribution < 1.29 is 14.2 Å². The van der Waals surface area contributed by atoms with Crippen LogP contribution < -0.4 is 4.90 Å². The number of nitrogens with zero attached hydrogens (tertiary/aromatic N) is 3. The maximum atomic E-state index is 13.3. The van der Waals surface area contributed by atoms with E-state index >= 15 is 0 Å². The van der Waals surface area contributed by atoms with E-state index < -0.39 is 0 Å². The van der Waals surface area contributed by atoms with Crippen LogP contribution in [0.15, 0.2) is 47.5 Å². The SMILES string of the molecule is COCCN1CCN(c2ccc(N=Cc3c(O)[nH]c4cc(F)ccc34)cc2)CC1. The summed E-state index contributed by atoms with van der Waals surface area (Å²) in [5.41, 5.74) is 3.07. The molecule has 0 spiro atoms. The van der Waals surface area contributed by atoms with Crippen molar-refractivity contribution >= 4 is 28.5 Å². The van der Waals surface area contributed by atoms with Crippen LogP contribution in [0.5, 0.6) is 5.88 Å². The summed E-state index contributed by atoms with van der Waals surface area (Å²) in [7, 11) is 1.74. The van der Waals surface area contributed by atoms with Gasteiger partial charge in [0.25, 0.3) is 0 Å². The Labute approximate surface area is 169 Å².